The zero-order valence-corrected chi connectivity index (χ0v) is 12.5. The lowest BCUT2D eigenvalue weighted by molar-refractivity contribution is -0.151. The average molecular weight is 307 g/mol. The summed E-state index contributed by atoms with van der Waals surface area (Å²) < 4.78 is 37.0. The van der Waals surface area contributed by atoms with Gasteiger partial charge < -0.3 is 10.2 Å². The van der Waals surface area contributed by atoms with E-state index in [1.165, 1.54) is 4.90 Å². The molecule has 2 fully saturated rings. The Balaban J connectivity index is 1.75. The summed E-state index contributed by atoms with van der Waals surface area (Å²) in [6.07, 6.45) is -1.43. The van der Waals surface area contributed by atoms with E-state index in [0.29, 0.717) is 38.5 Å². The second kappa shape index (κ2) is 6.96. The van der Waals surface area contributed by atoms with Gasteiger partial charge in [-0.3, -0.25) is 9.69 Å². The van der Waals surface area contributed by atoms with Gasteiger partial charge in [0, 0.05) is 38.6 Å². The van der Waals surface area contributed by atoms with E-state index >= 15 is 0 Å². The van der Waals surface area contributed by atoms with Crippen molar-refractivity contribution in [2.45, 2.75) is 38.4 Å². The maximum atomic E-state index is 12.3. The minimum Gasteiger partial charge on any atom is -0.340 e. The molecule has 2 rings (SSSR count). The van der Waals surface area contributed by atoms with Crippen LogP contribution in [-0.2, 0) is 4.79 Å². The van der Waals surface area contributed by atoms with Crippen molar-refractivity contribution in [3.63, 3.8) is 0 Å². The summed E-state index contributed by atoms with van der Waals surface area (Å²) in [6.45, 7) is 3.62. The molecule has 7 heteroatoms. The van der Waals surface area contributed by atoms with Gasteiger partial charge in [0.1, 0.15) is 0 Å². The largest absolute Gasteiger partial charge is 0.401 e. The number of piperazine rings is 1. The van der Waals surface area contributed by atoms with Crippen molar-refractivity contribution in [2.24, 2.45) is 5.92 Å². The van der Waals surface area contributed by atoms with Crippen molar-refractivity contribution in [2.75, 3.05) is 39.3 Å². The molecule has 2 aliphatic rings. The maximum absolute atomic E-state index is 12.3. The molecule has 2 unspecified atom stereocenters. The molecule has 0 aromatic rings. The Labute approximate surface area is 123 Å². The van der Waals surface area contributed by atoms with E-state index in [9.17, 15) is 18.0 Å². The number of hydrogen-bond acceptors (Lipinski definition) is 3. The van der Waals surface area contributed by atoms with Crippen LogP contribution in [0.5, 0.6) is 0 Å². The fraction of sp³-hybridized carbons (Fsp3) is 0.929. The third kappa shape index (κ3) is 5.14. The molecule has 4 nitrogen and oxygen atoms in total. The van der Waals surface area contributed by atoms with Gasteiger partial charge in [-0.25, -0.2) is 0 Å². The van der Waals surface area contributed by atoms with Crippen molar-refractivity contribution in [1.29, 1.82) is 0 Å². The number of carbonyl (C=O) groups is 1. The molecule has 122 valence electrons. The Kier molecular flexibility index (Phi) is 5.48. The van der Waals surface area contributed by atoms with Crippen LogP contribution in [-0.4, -0.2) is 67.2 Å². The van der Waals surface area contributed by atoms with Gasteiger partial charge in [0.05, 0.1) is 6.54 Å². The van der Waals surface area contributed by atoms with E-state index in [1.54, 1.807) is 4.90 Å². The first-order valence-electron chi connectivity index (χ1n) is 7.65. The molecule has 21 heavy (non-hydrogen) atoms. The van der Waals surface area contributed by atoms with E-state index in [2.05, 4.69) is 12.2 Å². The monoisotopic (exact) mass is 307 g/mol. The predicted octanol–water partition coefficient (Wildman–Crippen LogP) is 1.47. The zero-order valence-electron chi connectivity index (χ0n) is 12.5. The number of carbonyl (C=O) groups excluding carboxylic acids is 1. The smallest absolute Gasteiger partial charge is 0.340 e. The highest BCUT2D eigenvalue weighted by atomic mass is 19.4. The Morgan fingerprint density at radius 2 is 1.90 bits per heavy atom. The lowest BCUT2D eigenvalue weighted by Crippen LogP contribution is -2.52. The van der Waals surface area contributed by atoms with Crippen LogP contribution in [0.15, 0.2) is 0 Å². The number of piperidine rings is 1. The standard InChI is InChI=1S/C14H24F3N3O/c1-11-3-2-4-18-12(11)9-13(21)20-7-5-19(6-8-20)10-14(15,16)17/h11-12,18H,2-10H2,1H3. The fourth-order valence-corrected chi connectivity index (χ4v) is 3.11. The highest BCUT2D eigenvalue weighted by Crippen LogP contribution is 2.20. The topological polar surface area (TPSA) is 35.6 Å². The number of halogens is 3. The van der Waals surface area contributed by atoms with Crippen LogP contribution in [0.25, 0.3) is 0 Å². The summed E-state index contributed by atoms with van der Waals surface area (Å²) in [4.78, 5) is 15.3. The van der Waals surface area contributed by atoms with Gasteiger partial charge in [0.15, 0.2) is 0 Å². The highest BCUT2D eigenvalue weighted by molar-refractivity contribution is 5.77. The van der Waals surface area contributed by atoms with Gasteiger partial charge in [0.2, 0.25) is 5.91 Å². The number of hydrogen-bond donors (Lipinski definition) is 1. The van der Waals surface area contributed by atoms with Gasteiger partial charge in [-0.1, -0.05) is 6.92 Å². The molecule has 0 spiro atoms. The maximum Gasteiger partial charge on any atom is 0.401 e. The van der Waals surface area contributed by atoms with E-state index in [1.807, 2.05) is 0 Å². The van der Waals surface area contributed by atoms with Crippen molar-refractivity contribution < 1.29 is 18.0 Å². The summed E-state index contributed by atoms with van der Waals surface area (Å²) in [7, 11) is 0. The van der Waals surface area contributed by atoms with Crippen LogP contribution < -0.4 is 5.32 Å². The van der Waals surface area contributed by atoms with Crippen LogP contribution in [0.1, 0.15) is 26.2 Å². The molecule has 1 amide bonds. The van der Waals surface area contributed by atoms with Crippen LogP contribution in [0, 0.1) is 5.92 Å². The first-order chi connectivity index (χ1) is 9.85. The number of rotatable bonds is 3. The summed E-state index contributed by atoms with van der Waals surface area (Å²) in [6, 6.07) is 0.208. The second-order valence-corrected chi connectivity index (χ2v) is 6.16. The van der Waals surface area contributed by atoms with Crippen LogP contribution in [0.2, 0.25) is 0 Å². The van der Waals surface area contributed by atoms with Crippen molar-refractivity contribution >= 4 is 5.91 Å². The molecular weight excluding hydrogens is 283 g/mol. The average Bonchev–Trinajstić information content (AvgIpc) is 2.40. The quantitative estimate of drug-likeness (QED) is 0.858. The Morgan fingerprint density at radius 3 is 2.48 bits per heavy atom. The molecule has 2 aliphatic heterocycles. The van der Waals surface area contributed by atoms with Crippen molar-refractivity contribution in [1.82, 2.24) is 15.1 Å². The lowest BCUT2D eigenvalue weighted by atomic mass is 9.90. The van der Waals surface area contributed by atoms with Crippen LogP contribution in [0.4, 0.5) is 13.2 Å². The molecule has 0 bridgehead atoms. The summed E-state index contributed by atoms with van der Waals surface area (Å²) in [5.74, 6) is 0.544. The molecule has 0 aliphatic carbocycles. The van der Waals surface area contributed by atoms with E-state index < -0.39 is 12.7 Å². The Hall–Kier alpha value is -0.820. The van der Waals surface area contributed by atoms with E-state index in [0.717, 1.165) is 19.4 Å². The van der Waals surface area contributed by atoms with E-state index in [-0.39, 0.29) is 11.9 Å². The lowest BCUT2D eigenvalue weighted by Gasteiger charge is -2.37. The first kappa shape index (κ1) is 16.5. The van der Waals surface area contributed by atoms with E-state index in [4.69, 9.17) is 0 Å². The number of nitrogens with zero attached hydrogens (tertiary/aromatic N) is 2. The fourth-order valence-electron chi connectivity index (χ4n) is 3.11. The molecule has 0 saturated carbocycles. The molecule has 2 heterocycles. The van der Waals surface area contributed by atoms with Crippen LogP contribution in [0.3, 0.4) is 0 Å². The SMILES string of the molecule is CC1CCCNC1CC(=O)N1CCN(CC(F)(F)F)CC1. The van der Waals surface area contributed by atoms with Gasteiger partial charge in [-0.05, 0) is 25.3 Å². The summed E-state index contributed by atoms with van der Waals surface area (Å²) in [5, 5.41) is 3.37. The molecule has 0 aromatic heterocycles. The highest BCUT2D eigenvalue weighted by Gasteiger charge is 2.33. The Morgan fingerprint density at radius 1 is 1.24 bits per heavy atom. The molecule has 0 aromatic carbocycles. The number of nitrogens with one attached hydrogen (secondary N) is 1. The zero-order chi connectivity index (χ0) is 15.5. The molecule has 2 atom stereocenters. The second-order valence-electron chi connectivity index (χ2n) is 6.16. The third-order valence-electron chi connectivity index (χ3n) is 4.45. The normalized spacial score (nSPS) is 28.7. The predicted molar refractivity (Wildman–Crippen MR) is 73.9 cm³/mol. The first-order valence-corrected chi connectivity index (χ1v) is 7.65. The number of alkyl halides is 3. The molecule has 1 N–H and O–H groups in total. The number of amides is 1. The molecular formula is C14H24F3N3O. The summed E-state index contributed by atoms with van der Waals surface area (Å²) >= 11 is 0. The minimum absolute atomic E-state index is 0.0629. The van der Waals surface area contributed by atoms with Crippen molar-refractivity contribution in [3.05, 3.63) is 0 Å². The minimum atomic E-state index is -4.16. The van der Waals surface area contributed by atoms with Gasteiger partial charge in [-0.15, -0.1) is 0 Å². The van der Waals surface area contributed by atoms with Crippen molar-refractivity contribution in [3.8, 4) is 0 Å². The Bertz CT molecular complexity index is 354. The van der Waals surface area contributed by atoms with Gasteiger partial charge >= 0.3 is 6.18 Å². The van der Waals surface area contributed by atoms with Crippen LogP contribution >= 0.6 is 0 Å². The van der Waals surface area contributed by atoms with Gasteiger partial charge in [0.25, 0.3) is 0 Å². The summed E-state index contributed by atoms with van der Waals surface area (Å²) in [5.41, 5.74) is 0. The van der Waals surface area contributed by atoms with Gasteiger partial charge in [-0.2, -0.15) is 13.2 Å². The molecule has 0 radical (unpaired) electrons. The third-order valence-corrected chi connectivity index (χ3v) is 4.45. The molecule has 2 saturated heterocycles.